The van der Waals surface area contributed by atoms with Crippen LogP contribution in [0.25, 0.3) is 0 Å². The molecule has 18 heavy (non-hydrogen) atoms. The Morgan fingerprint density at radius 1 is 1.22 bits per heavy atom. The average Bonchev–Trinajstić information content (AvgIpc) is 2.32. The van der Waals surface area contributed by atoms with Gasteiger partial charge in [0, 0.05) is 12.2 Å². The topological polar surface area (TPSA) is 21.3 Å². The van der Waals surface area contributed by atoms with E-state index in [1.807, 2.05) is 32.0 Å². The van der Waals surface area contributed by atoms with Gasteiger partial charge in [-0.25, -0.2) is 0 Å². The zero-order valence-electron chi connectivity index (χ0n) is 11.6. The molecule has 0 fully saturated rings. The largest absolute Gasteiger partial charge is 0.489 e. The van der Waals surface area contributed by atoms with Crippen LogP contribution in [-0.4, -0.2) is 12.6 Å². The summed E-state index contributed by atoms with van der Waals surface area (Å²) in [7, 11) is 0. The molecule has 0 saturated carbocycles. The Balaban J connectivity index is 2.41. The summed E-state index contributed by atoms with van der Waals surface area (Å²) < 4.78 is 5.60. The monoisotopic (exact) mass is 269 g/mol. The number of unbranched alkanes of at least 4 members (excludes halogenated alkanes) is 3. The molecule has 0 unspecified atom stereocenters. The molecule has 1 aromatic rings. The number of nitrogens with one attached hydrogen (secondary N) is 1. The minimum atomic E-state index is 0.148. The maximum Gasteiger partial charge on any atom is 0.138 e. The van der Waals surface area contributed by atoms with Crippen LogP contribution in [0.5, 0.6) is 5.75 Å². The molecular weight excluding hydrogens is 246 g/mol. The second-order valence-electron chi connectivity index (χ2n) is 4.80. The highest BCUT2D eigenvalue weighted by Gasteiger charge is 2.04. The van der Waals surface area contributed by atoms with Crippen LogP contribution in [0.2, 0.25) is 5.02 Å². The van der Waals surface area contributed by atoms with Gasteiger partial charge in [0.1, 0.15) is 5.75 Å². The van der Waals surface area contributed by atoms with Crippen molar-refractivity contribution in [1.29, 1.82) is 0 Å². The van der Waals surface area contributed by atoms with Crippen molar-refractivity contribution in [2.45, 2.75) is 52.6 Å². The van der Waals surface area contributed by atoms with Crippen molar-refractivity contribution in [3.05, 3.63) is 23.2 Å². The normalized spacial score (nSPS) is 10.7. The first-order valence-electron chi connectivity index (χ1n) is 6.83. The summed E-state index contributed by atoms with van der Waals surface area (Å²) in [5.74, 6) is 0.753. The van der Waals surface area contributed by atoms with Gasteiger partial charge in [0.05, 0.1) is 11.1 Å². The highest BCUT2D eigenvalue weighted by atomic mass is 35.5. The average molecular weight is 270 g/mol. The smallest absolute Gasteiger partial charge is 0.138 e. The first kappa shape index (κ1) is 15.2. The van der Waals surface area contributed by atoms with E-state index in [1.165, 1.54) is 25.7 Å². The van der Waals surface area contributed by atoms with Gasteiger partial charge in [-0.2, -0.15) is 0 Å². The minimum Gasteiger partial charge on any atom is -0.489 e. The predicted octanol–water partition coefficient (Wildman–Crippen LogP) is 5.12. The summed E-state index contributed by atoms with van der Waals surface area (Å²) in [5.41, 5.74) is 1.06. The quantitative estimate of drug-likeness (QED) is 0.662. The Morgan fingerprint density at radius 2 is 2.00 bits per heavy atom. The van der Waals surface area contributed by atoms with E-state index >= 15 is 0 Å². The van der Waals surface area contributed by atoms with Crippen molar-refractivity contribution >= 4 is 17.3 Å². The second kappa shape index (κ2) is 8.25. The molecular formula is C15H24ClNO. The van der Waals surface area contributed by atoms with Gasteiger partial charge in [-0.1, -0.05) is 37.8 Å². The molecule has 0 atom stereocenters. The Morgan fingerprint density at radius 3 is 2.61 bits per heavy atom. The van der Waals surface area contributed by atoms with Crippen LogP contribution in [-0.2, 0) is 0 Å². The Bertz CT molecular complexity index is 352. The van der Waals surface area contributed by atoms with Gasteiger partial charge < -0.3 is 10.1 Å². The molecule has 0 amide bonds. The highest BCUT2D eigenvalue weighted by molar-refractivity contribution is 6.32. The van der Waals surface area contributed by atoms with Gasteiger partial charge in [0.2, 0.25) is 0 Å². The summed E-state index contributed by atoms with van der Waals surface area (Å²) in [4.78, 5) is 0. The number of anilines is 1. The zero-order valence-corrected chi connectivity index (χ0v) is 12.4. The van der Waals surface area contributed by atoms with Gasteiger partial charge >= 0.3 is 0 Å². The number of hydrogen-bond acceptors (Lipinski definition) is 2. The van der Waals surface area contributed by atoms with Crippen LogP contribution < -0.4 is 10.1 Å². The zero-order chi connectivity index (χ0) is 13.4. The first-order valence-corrected chi connectivity index (χ1v) is 7.21. The Kier molecular flexibility index (Phi) is 6.96. The molecule has 1 rings (SSSR count). The highest BCUT2D eigenvalue weighted by Crippen LogP contribution is 2.28. The van der Waals surface area contributed by atoms with E-state index < -0.39 is 0 Å². The molecule has 0 heterocycles. The van der Waals surface area contributed by atoms with Crippen molar-refractivity contribution in [1.82, 2.24) is 0 Å². The summed E-state index contributed by atoms with van der Waals surface area (Å²) in [6.45, 7) is 7.22. The fraction of sp³-hybridized carbons (Fsp3) is 0.600. The van der Waals surface area contributed by atoms with E-state index in [2.05, 4.69) is 12.2 Å². The van der Waals surface area contributed by atoms with Crippen LogP contribution in [0, 0.1) is 0 Å². The SMILES string of the molecule is CCCCCCNc1ccc(OC(C)C)c(Cl)c1. The van der Waals surface area contributed by atoms with Crippen LogP contribution in [0.3, 0.4) is 0 Å². The van der Waals surface area contributed by atoms with Crippen LogP contribution in [0.15, 0.2) is 18.2 Å². The van der Waals surface area contributed by atoms with Crippen molar-refractivity contribution in [2.24, 2.45) is 0 Å². The molecule has 0 radical (unpaired) electrons. The fourth-order valence-corrected chi connectivity index (χ4v) is 1.97. The molecule has 0 aromatic heterocycles. The number of benzene rings is 1. The van der Waals surface area contributed by atoms with Gasteiger partial charge in [-0.3, -0.25) is 0 Å². The van der Waals surface area contributed by atoms with Crippen LogP contribution in [0.1, 0.15) is 46.5 Å². The van der Waals surface area contributed by atoms with Gasteiger partial charge in [0.25, 0.3) is 0 Å². The summed E-state index contributed by atoms with van der Waals surface area (Å²) in [6.07, 6.45) is 5.22. The Hall–Kier alpha value is -0.890. The number of halogens is 1. The summed E-state index contributed by atoms with van der Waals surface area (Å²) in [6, 6.07) is 5.87. The molecule has 0 bridgehead atoms. The standard InChI is InChI=1S/C15H24ClNO/c1-4-5-6-7-10-17-13-8-9-15(14(16)11-13)18-12(2)3/h8-9,11-12,17H,4-7,10H2,1-3H3. The van der Waals surface area contributed by atoms with Crippen molar-refractivity contribution in [2.75, 3.05) is 11.9 Å². The second-order valence-corrected chi connectivity index (χ2v) is 5.21. The molecule has 0 aliphatic carbocycles. The van der Waals surface area contributed by atoms with Crippen LogP contribution >= 0.6 is 11.6 Å². The van der Waals surface area contributed by atoms with E-state index in [1.54, 1.807) is 0 Å². The number of rotatable bonds is 8. The molecule has 2 nitrogen and oxygen atoms in total. The molecule has 0 aliphatic rings. The number of ether oxygens (including phenoxy) is 1. The maximum absolute atomic E-state index is 6.17. The molecule has 3 heteroatoms. The Labute approximate surface area is 116 Å². The van der Waals surface area contributed by atoms with E-state index in [0.29, 0.717) is 5.02 Å². The van der Waals surface area contributed by atoms with E-state index in [0.717, 1.165) is 18.0 Å². The van der Waals surface area contributed by atoms with E-state index in [9.17, 15) is 0 Å². The molecule has 0 aliphatic heterocycles. The lowest BCUT2D eigenvalue weighted by molar-refractivity contribution is 0.242. The third kappa shape index (κ3) is 5.63. The van der Waals surface area contributed by atoms with Crippen LogP contribution in [0.4, 0.5) is 5.69 Å². The lowest BCUT2D eigenvalue weighted by Crippen LogP contribution is -2.06. The van der Waals surface area contributed by atoms with Crippen molar-refractivity contribution < 1.29 is 4.74 Å². The third-order valence-electron chi connectivity index (χ3n) is 2.65. The number of hydrogen-bond donors (Lipinski definition) is 1. The summed E-state index contributed by atoms with van der Waals surface area (Å²) in [5, 5.41) is 4.05. The lowest BCUT2D eigenvalue weighted by Gasteiger charge is -2.13. The van der Waals surface area contributed by atoms with Gasteiger partial charge in [0.15, 0.2) is 0 Å². The molecule has 102 valence electrons. The molecule has 1 aromatic carbocycles. The van der Waals surface area contributed by atoms with E-state index in [4.69, 9.17) is 16.3 Å². The predicted molar refractivity (Wildman–Crippen MR) is 79.8 cm³/mol. The van der Waals surface area contributed by atoms with Gasteiger partial charge in [-0.05, 0) is 38.5 Å². The minimum absolute atomic E-state index is 0.148. The summed E-state index contributed by atoms with van der Waals surface area (Å²) >= 11 is 6.17. The maximum atomic E-state index is 6.17. The lowest BCUT2D eigenvalue weighted by atomic mass is 10.2. The van der Waals surface area contributed by atoms with Crippen molar-refractivity contribution in [3.63, 3.8) is 0 Å². The molecule has 1 N–H and O–H groups in total. The fourth-order valence-electron chi connectivity index (χ4n) is 1.74. The third-order valence-corrected chi connectivity index (χ3v) is 2.95. The molecule has 0 saturated heterocycles. The van der Waals surface area contributed by atoms with E-state index in [-0.39, 0.29) is 6.10 Å². The molecule has 0 spiro atoms. The van der Waals surface area contributed by atoms with Gasteiger partial charge in [-0.15, -0.1) is 0 Å². The van der Waals surface area contributed by atoms with Crippen molar-refractivity contribution in [3.8, 4) is 5.75 Å². The first-order chi connectivity index (χ1) is 8.63.